The van der Waals surface area contributed by atoms with Gasteiger partial charge in [-0.3, -0.25) is 19.2 Å². The lowest BCUT2D eigenvalue weighted by atomic mass is 9.94. The summed E-state index contributed by atoms with van der Waals surface area (Å²) < 4.78 is 25.6. The highest BCUT2D eigenvalue weighted by molar-refractivity contribution is 5.99. The Bertz CT molecular complexity index is 1130. The van der Waals surface area contributed by atoms with Gasteiger partial charge in [0.15, 0.2) is 11.5 Å². The molecule has 4 atom stereocenters. The molecular weight excluding hydrogens is 512 g/mol. The number of Topliss-reactive ketones (excluding diaryl/α,β-unsaturated/α-hetero) is 1. The second kappa shape index (κ2) is 13.8. The van der Waals surface area contributed by atoms with E-state index in [1.807, 2.05) is 30.3 Å². The van der Waals surface area contributed by atoms with E-state index in [4.69, 9.17) is 23.5 Å². The summed E-state index contributed by atoms with van der Waals surface area (Å²) in [6.45, 7) is 3.61. The van der Waals surface area contributed by atoms with Crippen LogP contribution in [0.25, 0.3) is 0 Å². The van der Waals surface area contributed by atoms with Gasteiger partial charge in [-0.2, -0.15) is 0 Å². The Hall–Kier alpha value is -3.81. The maximum Gasteiger partial charge on any atom is 0.311 e. The van der Waals surface area contributed by atoms with E-state index >= 15 is 0 Å². The molecule has 2 aromatic rings. The molecule has 13 nitrogen and oxygen atoms in total. The van der Waals surface area contributed by atoms with Crippen LogP contribution in [0.3, 0.4) is 0 Å². The summed E-state index contributed by atoms with van der Waals surface area (Å²) in [5.41, 5.74) is -0.225. The molecule has 0 aliphatic carbocycles. The van der Waals surface area contributed by atoms with Crippen molar-refractivity contribution in [3.05, 3.63) is 47.7 Å². The van der Waals surface area contributed by atoms with Crippen LogP contribution in [-0.4, -0.2) is 93.0 Å². The number of methoxy groups -OCH3 is 2. The highest BCUT2D eigenvalue weighted by Crippen LogP contribution is 2.29. The number of rotatable bonds is 16. The van der Waals surface area contributed by atoms with Crippen molar-refractivity contribution in [2.75, 3.05) is 40.6 Å². The average Bonchev–Trinajstić information content (AvgIpc) is 3.50. The van der Waals surface area contributed by atoms with Crippen molar-refractivity contribution in [2.45, 2.75) is 44.0 Å². The minimum absolute atomic E-state index is 0.0530. The van der Waals surface area contributed by atoms with Gasteiger partial charge in [0.25, 0.3) is 5.91 Å². The molecule has 1 saturated heterocycles. The fourth-order valence-corrected chi connectivity index (χ4v) is 3.73. The number of ether oxygens (including phenoxy) is 4. The van der Waals surface area contributed by atoms with Crippen molar-refractivity contribution in [1.29, 1.82) is 0 Å². The highest BCUT2D eigenvalue weighted by atomic mass is 16.6. The number of carbonyl (C=O) groups is 4. The number of hydrogen-bond donors (Lipinski definition) is 3. The van der Waals surface area contributed by atoms with Crippen LogP contribution < -0.4 is 20.7 Å². The van der Waals surface area contributed by atoms with Crippen molar-refractivity contribution in [3.8, 4) is 5.95 Å². The van der Waals surface area contributed by atoms with Gasteiger partial charge in [-0.1, -0.05) is 35.5 Å². The topological polar surface area (TPSA) is 171 Å². The van der Waals surface area contributed by atoms with Gasteiger partial charge < -0.3 is 39.4 Å². The lowest BCUT2D eigenvalue weighted by Crippen LogP contribution is -2.59. The molecule has 0 saturated carbocycles. The number of benzene rings is 1. The number of carbonyl (C=O) groups excluding carboxylic acids is 4. The molecule has 13 heteroatoms. The summed E-state index contributed by atoms with van der Waals surface area (Å²) in [6.07, 6.45) is 0.238. The van der Waals surface area contributed by atoms with Gasteiger partial charge in [-0.15, -0.1) is 0 Å². The summed E-state index contributed by atoms with van der Waals surface area (Å²) >= 11 is 0. The third-order valence-electron chi connectivity index (χ3n) is 5.94. The zero-order valence-corrected chi connectivity index (χ0v) is 22.4. The van der Waals surface area contributed by atoms with Crippen LogP contribution in [0, 0.1) is 0 Å². The Labute approximate surface area is 225 Å². The van der Waals surface area contributed by atoms with Gasteiger partial charge in [0.2, 0.25) is 11.8 Å². The molecular formula is C26H34N4O9. The first-order valence-corrected chi connectivity index (χ1v) is 12.4. The number of nitrogens with zero attached hydrogens (tertiary/aromatic N) is 1. The van der Waals surface area contributed by atoms with E-state index in [1.165, 1.54) is 20.3 Å². The predicted octanol–water partition coefficient (Wildman–Crippen LogP) is 0.0348. The second-order valence-electron chi connectivity index (χ2n) is 9.10. The van der Waals surface area contributed by atoms with Crippen LogP contribution in [0.4, 0.5) is 0 Å². The number of ketones is 1. The van der Waals surface area contributed by atoms with Gasteiger partial charge in [-0.05, 0) is 25.8 Å². The van der Waals surface area contributed by atoms with E-state index in [0.717, 1.165) is 5.56 Å². The quantitative estimate of drug-likeness (QED) is 0.244. The van der Waals surface area contributed by atoms with Crippen molar-refractivity contribution in [1.82, 2.24) is 21.1 Å². The van der Waals surface area contributed by atoms with Crippen LogP contribution in [0.5, 0.6) is 5.95 Å². The molecule has 0 radical (unpaired) electrons. The van der Waals surface area contributed by atoms with E-state index in [2.05, 4.69) is 21.1 Å². The third-order valence-corrected chi connectivity index (χ3v) is 5.94. The molecule has 3 rings (SSSR count). The summed E-state index contributed by atoms with van der Waals surface area (Å²) in [5.74, 6) is -2.27. The molecule has 1 aliphatic heterocycles. The molecule has 0 spiro atoms. The summed E-state index contributed by atoms with van der Waals surface area (Å²) in [7, 11) is 2.72. The molecule has 1 fully saturated rings. The molecule has 1 aromatic heterocycles. The Balaban J connectivity index is 1.69. The number of amides is 3. The molecule has 1 aromatic carbocycles. The van der Waals surface area contributed by atoms with Crippen LogP contribution in [0.2, 0.25) is 0 Å². The molecule has 1 aliphatic rings. The predicted molar refractivity (Wildman–Crippen MR) is 136 cm³/mol. The Morgan fingerprint density at radius 1 is 0.974 bits per heavy atom. The van der Waals surface area contributed by atoms with E-state index < -0.39 is 41.4 Å². The normalized spacial score (nSPS) is 18.4. The minimum atomic E-state index is -1.18. The molecule has 3 amide bonds. The van der Waals surface area contributed by atoms with Crippen LogP contribution in [0.1, 0.15) is 29.9 Å². The lowest BCUT2D eigenvalue weighted by Gasteiger charge is -2.25. The second-order valence-corrected chi connectivity index (χ2v) is 9.10. The Morgan fingerprint density at radius 3 is 2.13 bits per heavy atom. The zero-order valence-electron chi connectivity index (χ0n) is 22.4. The largest absolute Gasteiger partial charge is 0.464 e. The standard InChI is InChI=1S/C26H34N4O9/c1-5-37-21-12-18(30-39-21)23(32)28-20(14-36-4)25(34)29-19(13-35-3)24(33)27-17(22(31)26(2)15-38-26)11-16-9-7-6-8-10-16/h6-10,12,17,19-20H,5,11,13-15H2,1-4H3,(H,27,33)(H,28,32)(H,29,34). The first-order chi connectivity index (χ1) is 18.7. The van der Waals surface area contributed by atoms with Crippen LogP contribution in [-0.2, 0) is 35.0 Å². The molecule has 3 N–H and O–H groups in total. The van der Waals surface area contributed by atoms with Gasteiger partial charge in [0, 0.05) is 14.2 Å². The Kier molecular flexibility index (Phi) is 10.5. The van der Waals surface area contributed by atoms with E-state index in [-0.39, 0.29) is 43.7 Å². The highest BCUT2D eigenvalue weighted by Gasteiger charge is 2.50. The summed E-state index contributed by atoms with van der Waals surface area (Å²) in [6, 6.07) is 7.26. The summed E-state index contributed by atoms with van der Waals surface area (Å²) in [4.78, 5) is 52.1. The van der Waals surface area contributed by atoms with Gasteiger partial charge in [0.1, 0.15) is 17.7 Å². The number of epoxide rings is 1. The smallest absolute Gasteiger partial charge is 0.311 e. The molecule has 2 heterocycles. The van der Waals surface area contributed by atoms with Crippen molar-refractivity contribution in [3.63, 3.8) is 0 Å². The lowest BCUT2D eigenvalue weighted by molar-refractivity contribution is -0.134. The van der Waals surface area contributed by atoms with Crippen molar-refractivity contribution >= 4 is 23.5 Å². The maximum atomic E-state index is 13.3. The van der Waals surface area contributed by atoms with E-state index in [9.17, 15) is 19.2 Å². The zero-order chi connectivity index (χ0) is 28.4. The number of hydrogen-bond acceptors (Lipinski definition) is 10. The fourth-order valence-electron chi connectivity index (χ4n) is 3.73. The van der Waals surface area contributed by atoms with Gasteiger partial charge >= 0.3 is 5.95 Å². The molecule has 212 valence electrons. The van der Waals surface area contributed by atoms with Crippen molar-refractivity contribution in [2.24, 2.45) is 0 Å². The fraction of sp³-hybridized carbons (Fsp3) is 0.500. The van der Waals surface area contributed by atoms with Gasteiger partial charge in [-0.25, -0.2) is 0 Å². The van der Waals surface area contributed by atoms with E-state index in [1.54, 1.807) is 13.8 Å². The van der Waals surface area contributed by atoms with Gasteiger partial charge in [0.05, 0.1) is 38.5 Å². The molecule has 0 bridgehead atoms. The van der Waals surface area contributed by atoms with Crippen LogP contribution >= 0.6 is 0 Å². The Morgan fingerprint density at radius 2 is 1.56 bits per heavy atom. The maximum absolute atomic E-state index is 13.3. The van der Waals surface area contributed by atoms with Crippen LogP contribution in [0.15, 0.2) is 40.9 Å². The number of nitrogens with one attached hydrogen (secondary N) is 3. The first kappa shape index (κ1) is 29.7. The first-order valence-electron chi connectivity index (χ1n) is 12.4. The van der Waals surface area contributed by atoms with Crippen molar-refractivity contribution < 1.29 is 42.6 Å². The number of aromatic nitrogens is 1. The minimum Gasteiger partial charge on any atom is -0.464 e. The molecule has 4 unspecified atom stereocenters. The summed E-state index contributed by atoms with van der Waals surface area (Å²) in [5, 5.41) is 11.4. The SMILES string of the molecule is CCOc1cc(C(=O)NC(COC)C(=O)NC(COC)C(=O)NC(Cc2ccccc2)C(=O)C2(C)CO2)no1. The monoisotopic (exact) mass is 546 g/mol. The average molecular weight is 547 g/mol. The third kappa shape index (κ3) is 8.34. The molecule has 39 heavy (non-hydrogen) atoms. The van der Waals surface area contributed by atoms with E-state index in [0.29, 0.717) is 6.61 Å².